The number of para-hydroxylation sites is 1. The van der Waals surface area contributed by atoms with Gasteiger partial charge in [-0.2, -0.15) is 0 Å². The maximum absolute atomic E-state index is 6.47. The van der Waals surface area contributed by atoms with Gasteiger partial charge in [0, 0.05) is 58.4 Å². The number of aromatic nitrogens is 3. The quantitative estimate of drug-likeness (QED) is 0.186. The van der Waals surface area contributed by atoms with Gasteiger partial charge in [-0.05, 0) is 65.7 Å². The van der Waals surface area contributed by atoms with Crippen molar-refractivity contribution in [2.24, 2.45) is 0 Å². The highest BCUT2D eigenvalue weighted by atomic mass is 32.1. The minimum atomic E-state index is 0.572. The molecule has 11 aromatic rings. The number of fused-ring (bicyclic) bond motifs is 9. The molecule has 0 N–H and O–H groups in total. The predicted molar refractivity (Wildman–Crippen MR) is 209 cm³/mol. The number of benzene rings is 7. The number of thiophene rings is 1. The van der Waals surface area contributed by atoms with Gasteiger partial charge in [0.1, 0.15) is 22.3 Å². The first-order valence-electron chi connectivity index (χ1n) is 16.8. The molecule has 238 valence electrons. The molecule has 0 saturated heterocycles. The van der Waals surface area contributed by atoms with Gasteiger partial charge >= 0.3 is 0 Å². The smallest absolute Gasteiger partial charge is 0.164 e. The molecule has 6 heteroatoms. The second-order valence-electron chi connectivity index (χ2n) is 12.8. The van der Waals surface area contributed by atoms with Crippen molar-refractivity contribution in [1.29, 1.82) is 0 Å². The molecule has 51 heavy (non-hydrogen) atoms. The van der Waals surface area contributed by atoms with Crippen LogP contribution in [0.2, 0.25) is 0 Å². The van der Waals surface area contributed by atoms with E-state index in [4.69, 9.17) is 23.8 Å². The molecular weight excluding hydrogens is 647 g/mol. The van der Waals surface area contributed by atoms with E-state index in [0.717, 1.165) is 60.6 Å². The van der Waals surface area contributed by atoms with Crippen LogP contribution >= 0.6 is 11.3 Å². The fourth-order valence-corrected chi connectivity index (χ4v) is 8.45. The van der Waals surface area contributed by atoms with Crippen molar-refractivity contribution in [2.75, 3.05) is 0 Å². The topological polar surface area (TPSA) is 65.0 Å². The van der Waals surface area contributed by atoms with Crippen LogP contribution in [0.1, 0.15) is 0 Å². The Labute approximate surface area is 295 Å². The zero-order chi connectivity index (χ0) is 33.5. The summed E-state index contributed by atoms with van der Waals surface area (Å²) in [6, 6.07) is 52.2. The Kier molecular flexibility index (Phi) is 6.05. The molecule has 4 heterocycles. The summed E-state index contributed by atoms with van der Waals surface area (Å²) in [6.07, 6.45) is 0. The van der Waals surface area contributed by atoms with Crippen molar-refractivity contribution in [3.8, 4) is 45.3 Å². The van der Waals surface area contributed by atoms with Crippen molar-refractivity contribution in [3.05, 3.63) is 152 Å². The third-order valence-electron chi connectivity index (χ3n) is 9.75. The number of furan rings is 2. The van der Waals surface area contributed by atoms with E-state index in [0.29, 0.717) is 17.5 Å². The number of hydrogen-bond donors (Lipinski definition) is 0. The lowest BCUT2D eigenvalue weighted by Crippen LogP contribution is -2.00. The largest absolute Gasteiger partial charge is 0.456 e. The standard InChI is InChI=1S/C45H25N3O2S/c1-2-9-26(10-3-1)43-46-44(28-17-20-32-31-11-4-6-14-36(31)49-38(32)24-28)48-45(47-43)29-18-21-33-35-23-27(19-22-37(35)50-39(33)25-29)30-13-8-16-41-42(30)34-12-5-7-15-40(34)51-41/h1-25H. The summed E-state index contributed by atoms with van der Waals surface area (Å²) in [5.74, 6) is 1.75. The van der Waals surface area contributed by atoms with Gasteiger partial charge in [-0.1, -0.05) is 97.1 Å². The first kappa shape index (κ1) is 28.2. The Morgan fingerprint density at radius 3 is 1.69 bits per heavy atom. The summed E-state index contributed by atoms with van der Waals surface area (Å²) in [7, 11) is 0. The number of nitrogens with zero attached hydrogens (tertiary/aromatic N) is 3. The first-order valence-corrected chi connectivity index (χ1v) is 17.7. The lowest BCUT2D eigenvalue weighted by Gasteiger charge is -2.08. The average molecular weight is 672 g/mol. The first-order chi connectivity index (χ1) is 25.2. The molecule has 0 spiro atoms. The van der Waals surface area contributed by atoms with Gasteiger partial charge in [-0.15, -0.1) is 11.3 Å². The molecule has 0 radical (unpaired) electrons. The fourth-order valence-electron chi connectivity index (χ4n) is 7.31. The highest BCUT2D eigenvalue weighted by Gasteiger charge is 2.17. The molecule has 0 aliphatic heterocycles. The Morgan fingerprint density at radius 1 is 0.353 bits per heavy atom. The second-order valence-corrected chi connectivity index (χ2v) is 13.9. The van der Waals surface area contributed by atoms with Crippen LogP contribution in [0.4, 0.5) is 0 Å². The van der Waals surface area contributed by atoms with Crippen LogP contribution in [-0.2, 0) is 0 Å². The lowest BCUT2D eigenvalue weighted by atomic mass is 9.98. The summed E-state index contributed by atoms with van der Waals surface area (Å²) in [4.78, 5) is 14.9. The van der Waals surface area contributed by atoms with Crippen molar-refractivity contribution in [2.45, 2.75) is 0 Å². The van der Waals surface area contributed by atoms with E-state index in [2.05, 4.69) is 91.0 Å². The molecule has 0 unspecified atom stereocenters. The summed E-state index contributed by atoms with van der Waals surface area (Å²) < 4.78 is 15.3. The van der Waals surface area contributed by atoms with E-state index in [1.807, 2.05) is 72.0 Å². The molecule has 0 fully saturated rings. The van der Waals surface area contributed by atoms with E-state index >= 15 is 0 Å². The number of rotatable bonds is 4. The molecule has 7 aromatic carbocycles. The van der Waals surface area contributed by atoms with Crippen LogP contribution in [0.25, 0.3) is 109 Å². The predicted octanol–water partition coefficient (Wildman–Crippen LogP) is 12.7. The zero-order valence-corrected chi connectivity index (χ0v) is 27.8. The Balaban J connectivity index is 1.05. The Bertz CT molecular complexity index is 3160. The van der Waals surface area contributed by atoms with Gasteiger partial charge in [-0.3, -0.25) is 0 Å². The van der Waals surface area contributed by atoms with Gasteiger partial charge < -0.3 is 8.83 Å². The summed E-state index contributed by atoms with van der Waals surface area (Å²) >= 11 is 1.84. The molecule has 0 bridgehead atoms. The maximum Gasteiger partial charge on any atom is 0.164 e. The lowest BCUT2D eigenvalue weighted by molar-refractivity contribution is 0.668. The van der Waals surface area contributed by atoms with Crippen LogP contribution in [0, 0.1) is 0 Å². The molecule has 0 aliphatic rings. The van der Waals surface area contributed by atoms with E-state index in [1.54, 1.807) is 0 Å². The molecule has 11 rings (SSSR count). The van der Waals surface area contributed by atoms with Crippen molar-refractivity contribution < 1.29 is 8.83 Å². The molecule has 4 aromatic heterocycles. The number of hydrogen-bond acceptors (Lipinski definition) is 6. The van der Waals surface area contributed by atoms with Crippen LogP contribution in [0.5, 0.6) is 0 Å². The third-order valence-corrected chi connectivity index (χ3v) is 10.9. The van der Waals surface area contributed by atoms with Crippen LogP contribution in [0.3, 0.4) is 0 Å². The summed E-state index contributed by atoms with van der Waals surface area (Å²) in [6.45, 7) is 0. The minimum Gasteiger partial charge on any atom is -0.456 e. The maximum atomic E-state index is 6.47. The van der Waals surface area contributed by atoms with Gasteiger partial charge in [0.2, 0.25) is 0 Å². The average Bonchev–Trinajstić information content (AvgIpc) is 3.88. The normalized spacial score (nSPS) is 11.9. The van der Waals surface area contributed by atoms with Crippen molar-refractivity contribution in [3.63, 3.8) is 0 Å². The van der Waals surface area contributed by atoms with E-state index < -0.39 is 0 Å². The van der Waals surface area contributed by atoms with E-state index in [9.17, 15) is 0 Å². The van der Waals surface area contributed by atoms with Crippen LogP contribution in [-0.4, -0.2) is 15.0 Å². The fraction of sp³-hybridized carbons (Fsp3) is 0. The van der Waals surface area contributed by atoms with Crippen molar-refractivity contribution >= 4 is 75.4 Å². The molecule has 0 saturated carbocycles. The van der Waals surface area contributed by atoms with Crippen molar-refractivity contribution in [1.82, 2.24) is 15.0 Å². The summed E-state index contributed by atoms with van der Waals surface area (Å²) in [5, 5.41) is 6.86. The Hall–Kier alpha value is -6.63. The monoisotopic (exact) mass is 671 g/mol. The molecule has 0 atom stereocenters. The van der Waals surface area contributed by atoms with Crippen LogP contribution < -0.4 is 0 Å². The zero-order valence-electron chi connectivity index (χ0n) is 27.0. The van der Waals surface area contributed by atoms with Gasteiger partial charge in [0.05, 0.1) is 0 Å². The highest BCUT2D eigenvalue weighted by Crippen LogP contribution is 2.42. The van der Waals surface area contributed by atoms with Crippen LogP contribution in [0.15, 0.2) is 160 Å². The molecule has 5 nitrogen and oxygen atoms in total. The second kappa shape index (κ2) is 10.9. The molecular formula is C45H25N3O2S. The molecule has 0 amide bonds. The molecule has 0 aliphatic carbocycles. The third kappa shape index (κ3) is 4.50. The van der Waals surface area contributed by atoms with Gasteiger partial charge in [0.25, 0.3) is 0 Å². The van der Waals surface area contributed by atoms with E-state index in [-0.39, 0.29) is 0 Å². The van der Waals surface area contributed by atoms with E-state index in [1.165, 1.54) is 31.3 Å². The van der Waals surface area contributed by atoms with Gasteiger partial charge in [-0.25, -0.2) is 15.0 Å². The summed E-state index contributed by atoms with van der Waals surface area (Å²) in [5.41, 5.74) is 8.29. The SMILES string of the molecule is c1ccc(-c2nc(-c3ccc4c(c3)oc3ccccc34)nc(-c3ccc4c(c3)oc3ccc(-c5cccc6sc7ccccc7c56)cc34)n2)cc1. The van der Waals surface area contributed by atoms with Gasteiger partial charge in [0.15, 0.2) is 17.5 Å². The minimum absolute atomic E-state index is 0.572. The Morgan fingerprint density at radius 2 is 0.922 bits per heavy atom. The highest BCUT2D eigenvalue weighted by molar-refractivity contribution is 7.25.